The third-order valence-corrected chi connectivity index (χ3v) is 5.47. The van der Waals surface area contributed by atoms with Crippen molar-refractivity contribution in [3.8, 4) is 5.75 Å². The Morgan fingerprint density at radius 3 is 2.47 bits per heavy atom. The van der Waals surface area contributed by atoms with Crippen LogP contribution in [0, 0.1) is 0 Å². The van der Waals surface area contributed by atoms with E-state index >= 15 is 0 Å². The van der Waals surface area contributed by atoms with Gasteiger partial charge in [0.1, 0.15) is 5.75 Å². The number of carbonyl (C=O) groups is 1. The van der Waals surface area contributed by atoms with E-state index < -0.39 is 0 Å². The molecule has 2 heterocycles. The number of ether oxygens (including phenoxy) is 1. The molecule has 0 unspecified atom stereocenters. The lowest BCUT2D eigenvalue weighted by Crippen LogP contribution is -2.46. The number of rotatable bonds is 8. The zero-order valence-electron chi connectivity index (χ0n) is 17.3. The number of hydrogen-bond donors (Lipinski definition) is 0. The van der Waals surface area contributed by atoms with E-state index in [0.717, 1.165) is 57.1 Å². The third-order valence-electron chi connectivity index (χ3n) is 5.47. The third kappa shape index (κ3) is 4.68. The summed E-state index contributed by atoms with van der Waals surface area (Å²) in [5.74, 6) is 0.840. The second kappa shape index (κ2) is 9.54. The summed E-state index contributed by atoms with van der Waals surface area (Å²) in [5.41, 5.74) is 2.20. The van der Waals surface area contributed by atoms with Gasteiger partial charge in [0.15, 0.2) is 5.69 Å². The fourth-order valence-electron chi connectivity index (χ4n) is 3.81. The zero-order chi connectivity index (χ0) is 20.8. The highest BCUT2D eigenvalue weighted by molar-refractivity contribution is 6.07. The largest absolute Gasteiger partial charge is 0.495 e. The maximum absolute atomic E-state index is 12.4. The average molecular weight is 406 g/mol. The smallest absolute Gasteiger partial charge is 0.214 e. The molecular weight excluding hydrogens is 378 g/mol. The van der Waals surface area contributed by atoms with Gasteiger partial charge in [-0.15, -0.1) is 5.10 Å². The Morgan fingerprint density at radius 1 is 0.967 bits per heavy atom. The second-order valence-corrected chi connectivity index (χ2v) is 7.42. The normalized spacial score (nSPS) is 14.6. The van der Waals surface area contributed by atoms with Crippen LogP contribution in [0.5, 0.6) is 5.75 Å². The molecule has 0 amide bonds. The molecule has 1 saturated heterocycles. The Morgan fingerprint density at radius 2 is 1.70 bits per heavy atom. The van der Waals surface area contributed by atoms with Crippen molar-refractivity contribution in [2.24, 2.45) is 0 Å². The van der Waals surface area contributed by atoms with Gasteiger partial charge in [0.2, 0.25) is 5.78 Å². The molecular formula is C23H27N5O2. The maximum atomic E-state index is 12.4. The highest BCUT2D eigenvalue weighted by Gasteiger charge is 2.19. The van der Waals surface area contributed by atoms with Gasteiger partial charge in [0.05, 0.1) is 19.0 Å². The molecule has 156 valence electrons. The van der Waals surface area contributed by atoms with Crippen molar-refractivity contribution in [3.63, 3.8) is 0 Å². The van der Waals surface area contributed by atoms with Crippen LogP contribution < -0.4 is 9.64 Å². The Balaban J connectivity index is 1.23. The first kappa shape index (κ1) is 20.1. The summed E-state index contributed by atoms with van der Waals surface area (Å²) in [5, 5.41) is 8.17. The summed E-state index contributed by atoms with van der Waals surface area (Å²) in [7, 11) is 1.72. The van der Waals surface area contributed by atoms with Gasteiger partial charge in [-0.3, -0.25) is 14.4 Å². The predicted octanol–water partition coefficient (Wildman–Crippen LogP) is 2.73. The van der Waals surface area contributed by atoms with Crippen molar-refractivity contribution in [1.29, 1.82) is 0 Å². The molecule has 7 nitrogen and oxygen atoms in total. The molecule has 0 saturated carbocycles. The first-order chi connectivity index (χ1) is 14.7. The molecule has 0 bridgehead atoms. The van der Waals surface area contributed by atoms with Crippen molar-refractivity contribution >= 4 is 11.5 Å². The number of piperazine rings is 1. The van der Waals surface area contributed by atoms with E-state index in [0.29, 0.717) is 11.3 Å². The molecule has 1 aliphatic heterocycles. The van der Waals surface area contributed by atoms with E-state index in [4.69, 9.17) is 4.74 Å². The lowest BCUT2D eigenvalue weighted by molar-refractivity contribution is 0.103. The monoisotopic (exact) mass is 405 g/mol. The van der Waals surface area contributed by atoms with Crippen molar-refractivity contribution in [2.45, 2.75) is 13.0 Å². The lowest BCUT2D eigenvalue weighted by Gasteiger charge is -2.36. The summed E-state index contributed by atoms with van der Waals surface area (Å²) in [6, 6.07) is 17.4. The quantitative estimate of drug-likeness (QED) is 0.537. The van der Waals surface area contributed by atoms with Crippen LogP contribution in [0.1, 0.15) is 22.5 Å². The highest BCUT2D eigenvalue weighted by Crippen LogP contribution is 2.28. The Kier molecular flexibility index (Phi) is 6.39. The maximum Gasteiger partial charge on any atom is 0.214 e. The number of aryl methyl sites for hydroxylation is 1. The molecule has 0 spiro atoms. The van der Waals surface area contributed by atoms with Crippen molar-refractivity contribution in [3.05, 3.63) is 72.1 Å². The molecule has 30 heavy (non-hydrogen) atoms. The molecule has 0 atom stereocenters. The molecule has 2 aromatic carbocycles. The van der Waals surface area contributed by atoms with E-state index in [9.17, 15) is 4.79 Å². The summed E-state index contributed by atoms with van der Waals surface area (Å²) in [6.07, 6.45) is 2.71. The standard InChI is InChI=1S/C23H27N5O2/c1-30-22-11-6-5-10-21(22)27-16-14-26(15-17-27)12-7-13-28-18-20(24-25-28)23(29)19-8-3-2-4-9-19/h2-6,8-11,18H,7,12-17H2,1H3. The first-order valence-electron chi connectivity index (χ1n) is 10.3. The van der Waals surface area contributed by atoms with Crippen molar-refractivity contribution < 1.29 is 9.53 Å². The van der Waals surface area contributed by atoms with Gasteiger partial charge in [0, 0.05) is 44.8 Å². The number of aromatic nitrogens is 3. The topological polar surface area (TPSA) is 63.5 Å². The molecule has 0 radical (unpaired) electrons. The minimum absolute atomic E-state index is 0.0886. The molecule has 7 heteroatoms. The van der Waals surface area contributed by atoms with Crippen molar-refractivity contribution in [2.75, 3.05) is 44.7 Å². The van der Waals surface area contributed by atoms with Crippen LogP contribution in [0.25, 0.3) is 0 Å². The minimum Gasteiger partial charge on any atom is -0.495 e. The van der Waals surface area contributed by atoms with Crippen LogP contribution in [0.15, 0.2) is 60.8 Å². The van der Waals surface area contributed by atoms with Gasteiger partial charge >= 0.3 is 0 Å². The Hall–Kier alpha value is -3.19. The van der Waals surface area contributed by atoms with Gasteiger partial charge in [-0.1, -0.05) is 47.7 Å². The van der Waals surface area contributed by atoms with E-state index in [1.165, 1.54) is 0 Å². The first-order valence-corrected chi connectivity index (χ1v) is 10.3. The molecule has 0 aliphatic carbocycles. The van der Waals surface area contributed by atoms with Crippen LogP contribution in [0.2, 0.25) is 0 Å². The van der Waals surface area contributed by atoms with E-state index in [2.05, 4.69) is 32.2 Å². The van der Waals surface area contributed by atoms with Gasteiger partial charge in [-0.2, -0.15) is 0 Å². The number of anilines is 1. The van der Waals surface area contributed by atoms with Gasteiger partial charge in [0.25, 0.3) is 0 Å². The Labute approximate surface area is 176 Å². The minimum atomic E-state index is -0.0886. The van der Waals surface area contributed by atoms with Crippen LogP contribution in [-0.2, 0) is 6.54 Å². The summed E-state index contributed by atoms with van der Waals surface area (Å²) < 4.78 is 7.26. The zero-order valence-corrected chi connectivity index (χ0v) is 17.3. The number of benzene rings is 2. The van der Waals surface area contributed by atoms with Crippen LogP contribution in [0.4, 0.5) is 5.69 Å². The highest BCUT2D eigenvalue weighted by atomic mass is 16.5. The van der Waals surface area contributed by atoms with Gasteiger partial charge < -0.3 is 9.64 Å². The van der Waals surface area contributed by atoms with E-state index in [1.54, 1.807) is 30.1 Å². The van der Waals surface area contributed by atoms with Gasteiger partial charge in [-0.05, 0) is 18.6 Å². The SMILES string of the molecule is COc1ccccc1N1CCN(CCCn2cc(C(=O)c3ccccc3)nn2)CC1. The molecule has 3 aromatic rings. The van der Waals surface area contributed by atoms with Crippen LogP contribution >= 0.6 is 0 Å². The number of methoxy groups -OCH3 is 1. The number of para-hydroxylation sites is 2. The molecule has 1 fully saturated rings. The van der Waals surface area contributed by atoms with Crippen LogP contribution in [0.3, 0.4) is 0 Å². The summed E-state index contributed by atoms with van der Waals surface area (Å²) in [4.78, 5) is 17.3. The number of hydrogen-bond acceptors (Lipinski definition) is 6. The summed E-state index contributed by atoms with van der Waals surface area (Å²) in [6.45, 7) is 5.77. The van der Waals surface area contributed by atoms with Gasteiger partial charge in [-0.25, -0.2) is 0 Å². The Bertz CT molecular complexity index is 964. The second-order valence-electron chi connectivity index (χ2n) is 7.42. The number of carbonyl (C=O) groups excluding carboxylic acids is 1. The lowest BCUT2D eigenvalue weighted by atomic mass is 10.1. The molecule has 4 rings (SSSR count). The molecule has 1 aliphatic rings. The molecule has 1 aromatic heterocycles. The summed E-state index contributed by atoms with van der Waals surface area (Å²) >= 11 is 0. The fourth-order valence-corrected chi connectivity index (χ4v) is 3.81. The number of nitrogens with zero attached hydrogens (tertiary/aromatic N) is 5. The van der Waals surface area contributed by atoms with E-state index in [-0.39, 0.29) is 5.78 Å². The van der Waals surface area contributed by atoms with Crippen molar-refractivity contribution in [1.82, 2.24) is 19.9 Å². The van der Waals surface area contributed by atoms with Crippen LogP contribution in [-0.4, -0.2) is 65.5 Å². The predicted molar refractivity (Wildman–Crippen MR) is 116 cm³/mol. The fraction of sp³-hybridized carbons (Fsp3) is 0.348. The molecule has 0 N–H and O–H groups in total. The van der Waals surface area contributed by atoms with E-state index in [1.807, 2.05) is 30.3 Å². The number of ketones is 1. The average Bonchev–Trinajstić information content (AvgIpc) is 3.28.